The van der Waals surface area contributed by atoms with Crippen molar-refractivity contribution >= 4 is 48.2 Å². The maximum absolute atomic E-state index is 13.0. The second-order valence-electron chi connectivity index (χ2n) is 15.2. The summed E-state index contributed by atoms with van der Waals surface area (Å²) in [5, 5.41) is 3.51. The molecule has 2 saturated carbocycles. The molecule has 2 fully saturated rings. The van der Waals surface area contributed by atoms with E-state index in [1.165, 1.54) is 14.2 Å². The Morgan fingerprint density at radius 2 is 1.04 bits per heavy atom. The van der Waals surface area contributed by atoms with Crippen molar-refractivity contribution in [2.75, 3.05) is 27.4 Å². The lowest BCUT2D eigenvalue weighted by Gasteiger charge is -2.04. The fourth-order valence-electron chi connectivity index (χ4n) is 8.60. The average Bonchev–Trinajstić information content (AvgIpc) is 4.04. The summed E-state index contributed by atoms with van der Waals surface area (Å²) in [4.78, 5) is 65.5. The normalized spacial score (nSPS) is 21.6. The third-order valence-electron chi connectivity index (χ3n) is 11.9. The molecule has 4 atom stereocenters. The number of aromatic amines is 4. The van der Waals surface area contributed by atoms with Gasteiger partial charge in [0.25, 0.3) is 0 Å². The molecule has 5 heterocycles. The number of hydrogen-bond acceptors (Lipinski definition) is 8. The predicted octanol–water partition coefficient (Wildman–Crippen LogP) is 3.41. The molecule has 296 valence electrons. The highest BCUT2D eigenvalue weighted by molar-refractivity contribution is 5.80. The van der Waals surface area contributed by atoms with E-state index in [9.17, 15) is 19.2 Å². The Hall–Kier alpha value is -5.52. The van der Waals surface area contributed by atoms with Crippen molar-refractivity contribution < 1.29 is 38.1 Å². The quantitative estimate of drug-likeness (QED) is 0.111. The van der Waals surface area contributed by atoms with Gasteiger partial charge in [-0.3, -0.25) is 19.2 Å². The third kappa shape index (κ3) is 7.29. The first-order valence-corrected chi connectivity index (χ1v) is 19.6. The van der Waals surface area contributed by atoms with E-state index in [2.05, 4.69) is 58.1 Å². The van der Waals surface area contributed by atoms with Crippen LogP contribution >= 0.6 is 0 Å². The van der Waals surface area contributed by atoms with Gasteiger partial charge in [0.1, 0.15) is 0 Å². The van der Waals surface area contributed by atoms with Gasteiger partial charge in [-0.25, -0.2) is 0 Å². The number of nitrogens with one attached hydrogen (secondary N) is 4. The van der Waals surface area contributed by atoms with E-state index in [0.29, 0.717) is 38.9 Å². The van der Waals surface area contributed by atoms with Crippen molar-refractivity contribution in [2.24, 2.45) is 11.8 Å². The van der Waals surface area contributed by atoms with Crippen LogP contribution in [0.2, 0.25) is 0 Å². The number of hydrogen-bond donors (Lipinski definition) is 4. The third-order valence-corrected chi connectivity index (χ3v) is 11.9. The summed E-state index contributed by atoms with van der Waals surface area (Å²) in [5.41, 5.74) is 11.7. The second-order valence-corrected chi connectivity index (χ2v) is 15.2. The molecule has 8 bridgehead atoms. The van der Waals surface area contributed by atoms with E-state index < -0.39 is 0 Å². The zero-order valence-electron chi connectivity index (χ0n) is 33.5. The Morgan fingerprint density at radius 3 is 1.64 bits per heavy atom. The van der Waals surface area contributed by atoms with Crippen molar-refractivity contribution in [3.8, 4) is 0 Å². The van der Waals surface area contributed by atoms with Gasteiger partial charge in [-0.2, -0.15) is 0 Å². The maximum Gasteiger partial charge on any atom is 0.309 e. The Labute approximate surface area is 325 Å². The summed E-state index contributed by atoms with van der Waals surface area (Å²) in [6, 6.07) is 0. The van der Waals surface area contributed by atoms with Crippen molar-refractivity contribution in [1.82, 2.24) is 19.9 Å². The topological polar surface area (TPSA) is 168 Å². The van der Waals surface area contributed by atoms with Gasteiger partial charge in [-0.1, -0.05) is 0 Å². The van der Waals surface area contributed by atoms with Gasteiger partial charge in [0.05, 0.1) is 39.3 Å². The zero-order chi connectivity index (χ0) is 40.0. The smallest absolute Gasteiger partial charge is 0.309 e. The highest BCUT2D eigenvalue weighted by Crippen LogP contribution is 2.51. The molecule has 4 aromatic rings. The number of H-pyrrole nitrogens is 4. The number of carbonyl (C=O) groups excluding carboxylic acids is 4. The largest absolute Gasteiger partial charge is 0.469 e. The fraction of sp³-hybridized carbons (Fsp3) is 0.455. The van der Waals surface area contributed by atoms with Gasteiger partial charge in [-0.05, 0) is 136 Å². The van der Waals surface area contributed by atoms with Crippen LogP contribution in [0.25, 0.3) is 24.3 Å². The summed E-state index contributed by atoms with van der Waals surface area (Å²) < 4.78 is 20.9. The molecule has 0 amide bonds. The number of esters is 4. The van der Waals surface area contributed by atoms with Crippen molar-refractivity contribution in [2.45, 2.75) is 91.9 Å². The van der Waals surface area contributed by atoms with Gasteiger partial charge in [0.2, 0.25) is 0 Å². The van der Waals surface area contributed by atoms with Crippen LogP contribution in [0.3, 0.4) is 0 Å². The molecule has 4 aromatic heterocycles. The van der Waals surface area contributed by atoms with E-state index in [4.69, 9.17) is 18.9 Å². The Balaban J connectivity index is 1.51. The highest BCUT2D eigenvalue weighted by atomic mass is 16.5. The predicted molar refractivity (Wildman–Crippen MR) is 211 cm³/mol. The first-order chi connectivity index (χ1) is 26.9. The Morgan fingerprint density at radius 1 is 0.554 bits per heavy atom. The van der Waals surface area contributed by atoms with Crippen LogP contribution < -0.4 is 21.4 Å². The average molecular weight is 765 g/mol. The number of rotatable bonds is 12. The number of ether oxygens (including phenoxy) is 4. The van der Waals surface area contributed by atoms with Crippen LogP contribution in [0.5, 0.6) is 0 Å². The van der Waals surface area contributed by atoms with Crippen LogP contribution in [0.1, 0.15) is 119 Å². The molecule has 0 radical (unpaired) electrons. The molecule has 2 aliphatic carbocycles. The molecule has 12 nitrogen and oxygen atoms in total. The summed E-state index contributed by atoms with van der Waals surface area (Å²) >= 11 is 0. The lowest BCUT2D eigenvalue weighted by atomic mass is 10.0. The number of aromatic nitrogens is 4. The molecule has 0 spiro atoms. The molecular weight excluding hydrogens is 713 g/mol. The maximum atomic E-state index is 13.0. The van der Waals surface area contributed by atoms with Crippen LogP contribution in [-0.4, -0.2) is 71.2 Å². The van der Waals surface area contributed by atoms with Gasteiger partial charge < -0.3 is 38.9 Å². The molecule has 0 aromatic carbocycles. The second kappa shape index (κ2) is 15.5. The van der Waals surface area contributed by atoms with Crippen molar-refractivity contribution in [3.05, 3.63) is 88.7 Å². The molecular formula is C44H52N4O8. The monoisotopic (exact) mass is 764 g/mol. The SMILES string of the molecule is CCOC(=O)C1CC1c1c2[nH]c(c1C)/C=c1\[nH]/c(c(C)c1C1CC1C(=O)OCC)=C\c1[nH]c(c(CCC(=O)OC)c1C)/C=c1\[nH]/c(c(C)c1CCC(=O)OC)=C\2. The fourth-order valence-corrected chi connectivity index (χ4v) is 8.60. The van der Waals surface area contributed by atoms with Crippen LogP contribution in [-0.2, 0) is 51.0 Å². The molecule has 4 unspecified atom stereocenters. The standard InChI is InChI=1S/C44H52N4O8/c1-9-55-43(51)29-15-27(29)41-23(5)33-17-31-21(3)25(11-13-39(49)53-7)35(45-31)20-36-26(12-14-40(50)54-8)22(4)32(46-36)18-37-42(28-16-30(28)44(52)56-10-2)24(6)34(48-37)19-38(41)47-33/h17-20,27-30,45-48H,9-16H2,1-8H3/b31-17?,32-18-,33-17-,34-19?,35-20?,36-20-,37-18?,38-19-. The molecule has 4 N–H and O–H groups in total. The van der Waals surface area contributed by atoms with E-state index in [0.717, 1.165) is 88.7 Å². The van der Waals surface area contributed by atoms with Gasteiger partial charge in [0, 0.05) is 68.8 Å². The van der Waals surface area contributed by atoms with Gasteiger partial charge in [-0.15, -0.1) is 0 Å². The molecule has 7 rings (SSSR count). The van der Waals surface area contributed by atoms with E-state index in [1.54, 1.807) is 0 Å². The van der Waals surface area contributed by atoms with Crippen LogP contribution in [0.15, 0.2) is 0 Å². The first kappa shape index (κ1) is 38.7. The number of methoxy groups -OCH3 is 2. The van der Waals surface area contributed by atoms with E-state index in [-0.39, 0.29) is 60.4 Å². The summed E-state index contributed by atoms with van der Waals surface area (Å²) in [5.74, 6) is -1.40. The summed E-state index contributed by atoms with van der Waals surface area (Å²) in [7, 11) is 2.79. The number of carbonyl (C=O) groups is 4. The summed E-state index contributed by atoms with van der Waals surface area (Å²) in [6.07, 6.45) is 11.1. The number of fused-ring (bicyclic) bond motifs is 8. The Bertz CT molecular complexity index is 2490. The molecule has 1 aliphatic heterocycles. The zero-order valence-corrected chi connectivity index (χ0v) is 33.5. The minimum atomic E-state index is -0.298. The summed E-state index contributed by atoms with van der Waals surface area (Å²) in [6.45, 7) is 12.6. The minimum absolute atomic E-state index is 0.00511. The van der Waals surface area contributed by atoms with Gasteiger partial charge in [0.15, 0.2) is 0 Å². The van der Waals surface area contributed by atoms with Crippen molar-refractivity contribution in [3.63, 3.8) is 0 Å². The molecule has 0 saturated heterocycles. The minimum Gasteiger partial charge on any atom is -0.469 e. The first-order valence-electron chi connectivity index (χ1n) is 19.6. The lowest BCUT2D eigenvalue weighted by molar-refractivity contribution is -0.145. The highest BCUT2D eigenvalue weighted by Gasteiger charge is 2.48. The van der Waals surface area contributed by atoms with Crippen LogP contribution in [0, 0.1) is 39.5 Å². The molecule has 3 aliphatic rings. The van der Waals surface area contributed by atoms with Crippen LogP contribution in [0.4, 0.5) is 0 Å². The van der Waals surface area contributed by atoms with E-state index >= 15 is 0 Å². The molecule has 12 heteroatoms. The van der Waals surface area contributed by atoms with Crippen molar-refractivity contribution in [1.29, 1.82) is 0 Å². The molecule has 56 heavy (non-hydrogen) atoms. The van der Waals surface area contributed by atoms with Gasteiger partial charge >= 0.3 is 23.9 Å². The Kier molecular flexibility index (Phi) is 10.8. The lowest BCUT2D eigenvalue weighted by Crippen LogP contribution is -2.14. The van der Waals surface area contributed by atoms with E-state index in [1.807, 2.05) is 27.7 Å².